The summed E-state index contributed by atoms with van der Waals surface area (Å²) >= 11 is 0. The minimum atomic E-state index is -0.104. The first-order chi connectivity index (χ1) is 12.2. The lowest BCUT2D eigenvalue weighted by Gasteiger charge is -2.07. The molecule has 0 aromatic heterocycles. The summed E-state index contributed by atoms with van der Waals surface area (Å²) in [5.41, 5.74) is 2.02. The van der Waals surface area contributed by atoms with Crippen LogP contribution in [0.25, 0.3) is 0 Å². The summed E-state index contributed by atoms with van der Waals surface area (Å²) in [6.07, 6.45) is 6.54. The number of rotatable bonds is 13. The monoisotopic (exact) mass is 348 g/mol. The minimum Gasteiger partial charge on any atom is -0.466 e. The smallest absolute Gasteiger partial charge is 0.305 e. The van der Waals surface area contributed by atoms with Gasteiger partial charge in [-0.05, 0) is 44.0 Å². The third-order valence-electron chi connectivity index (χ3n) is 3.91. The van der Waals surface area contributed by atoms with Crippen molar-refractivity contribution in [2.75, 3.05) is 19.0 Å². The zero-order chi connectivity index (χ0) is 18.3. The molecule has 5 nitrogen and oxygen atoms in total. The van der Waals surface area contributed by atoms with Crippen LogP contribution in [0.15, 0.2) is 24.3 Å². The van der Waals surface area contributed by atoms with Crippen molar-refractivity contribution in [3.8, 4) is 0 Å². The van der Waals surface area contributed by atoms with Gasteiger partial charge in [0, 0.05) is 25.1 Å². The highest BCUT2D eigenvalue weighted by atomic mass is 16.5. The molecule has 2 N–H and O–H groups in total. The van der Waals surface area contributed by atoms with Crippen molar-refractivity contribution in [3.05, 3.63) is 29.8 Å². The summed E-state index contributed by atoms with van der Waals surface area (Å²) in [6.45, 7) is 3.43. The van der Waals surface area contributed by atoms with Crippen molar-refractivity contribution in [1.29, 1.82) is 0 Å². The molecule has 0 aliphatic rings. The van der Waals surface area contributed by atoms with E-state index in [1.807, 2.05) is 31.3 Å². The summed E-state index contributed by atoms with van der Waals surface area (Å²) in [5, 5.41) is 6.01. The first-order valence-electron chi connectivity index (χ1n) is 9.34. The second-order valence-electron chi connectivity index (χ2n) is 6.26. The molecule has 0 atom stereocenters. The van der Waals surface area contributed by atoms with E-state index in [9.17, 15) is 9.59 Å². The Morgan fingerprint density at radius 1 is 0.960 bits per heavy atom. The lowest BCUT2D eigenvalue weighted by atomic mass is 10.1. The number of unbranched alkanes of at least 4 members (excludes halogenated alkanes) is 4. The number of esters is 1. The van der Waals surface area contributed by atoms with Gasteiger partial charge >= 0.3 is 5.97 Å². The predicted molar refractivity (Wildman–Crippen MR) is 101 cm³/mol. The van der Waals surface area contributed by atoms with Crippen LogP contribution < -0.4 is 10.6 Å². The first kappa shape index (κ1) is 21.2. The number of nitrogens with one attached hydrogen (secondary N) is 2. The molecule has 0 bridgehead atoms. The third-order valence-corrected chi connectivity index (χ3v) is 3.91. The highest BCUT2D eigenvalue weighted by Gasteiger charge is 2.04. The number of carbonyl (C=O) groups excluding carboxylic acids is 2. The molecule has 5 heteroatoms. The molecule has 0 saturated heterocycles. The van der Waals surface area contributed by atoms with Crippen LogP contribution in [-0.4, -0.2) is 25.5 Å². The zero-order valence-corrected chi connectivity index (χ0v) is 15.6. The van der Waals surface area contributed by atoms with Gasteiger partial charge in [-0.15, -0.1) is 0 Å². The molecule has 1 amide bonds. The quantitative estimate of drug-likeness (QED) is 0.417. The SMILES string of the molecule is CCCCOC(=O)CCCCCCC(=O)Nc1ccc(CNC)cc1. The van der Waals surface area contributed by atoms with Gasteiger partial charge in [-0.25, -0.2) is 0 Å². The van der Waals surface area contributed by atoms with Crippen LogP contribution in [0.2, 0.25) is 0 Å². The van der Waals surface area contributed by atoms with Crippen molar-refractivity contribution in [3.63, 3.8) is 0 Å². The number of hydrogen-bond acceptors (Lipinski definition) is 4. The molecular weight excluding hydrogens is 316 g/mol. The zero-order valence-electron chi connectivity index (χ0n) is 15.6. The molecule has 0 aliphatic carbocycles. The number of benzene rings is 1. The Balaban J connectivity index is 2.06. The molecule has 0 fully saturated rings. The topological polar surface area (TPSA) is 67.4 Å². The molecule has 0 heterocycles. The van der Waals surface area contributed by atoms with Crippen LogP contribution in [0.1, 0.15) is 63.9 Å². The van der Waals surface area contributed by atoms with E-state index in [0.29, 0.717) is 19.4 Å². The second-order valence-corrected chi connectivity index (χ2v) is 6.26. The number of amides is 1. The van der Waals surface area contributed by atoms with Gasteiger partial charge in [-0.1, -0.05) is 38.3 Å². The van der Waals surface area contributed by atoms with Crippen molar-refractivity contribution < 1.29 is 14.3 Å². The molecule has 0 aliphatic heterocycles. The predicted octanol–water partition coefficient (Wildman–Crippen LogP) is 4.03. The van der Waals surface area contributed by atoms with Crippen LogP contribution >= 0.6 is 0 Å². The Bertz CT molecular complexity index is 500. The van der Waals surface area contributed by atoms with Crippen LogP contribution in [0.5, 0.6) is 0 Å². The van der Waals surface area contributed by atoms with Gasteiger partial charge in [0.25, 0.3) is 0 Å². The van der Waals surface area contributed by atoms with E-state index >= 15 is 0 Å². The Morgan fingerprint density at radius 2 is 1.64 bits per heavy atom. The molecular formula is C20H32N2O3. The molecule has 1 rings (SSSR count). The van der Waals surface area contributed by atoms with E-state index < -0.39 is 0 Å². The molecule has 1 aromatic carbocycles. The summed E-state index contributed by atoms with van der Waals surface area (Å²) in [6, 6.07) is 7.86. The van der Waals surface area contributed by atoms with E-state index in [1.165, 1.54) is 5.56 Å². The van der Waals surface area contributed by atoms with E-state index in [1.54, 1.807) is 0 Å². The fraction of sp³-hybridized carbons (Fsp3) is 0.600. The minimum absolute atomic E-state index is 0.0420. The third kappa shape index (κ3) is 10.6. The van der Waals surface area contributed by atoms with E-state index in [2.05, 4.69) is 17.6 Å². The van der Waals surface area contributed by atoms with Crippen molar-refractivity contribution in [2.45, 2.75) is 64.8 Å². The van der Waals surface area contributed by atoms with Crippen LogP contribution in [0, 0.1) is 0 Å². The highest BCUT2D eigenvalue weighted by Crippen LogP contribution is 2.11. The lowest BCUT2D eigenvalue weighted by molar-refractivity contribution is -0.143. The van der Waals surface area contributed by atoms with E-state index in [0.717, 1.165) is 50.8 Å². The Labute approximate surface area is 151 Å². The molecule has 1 aromatic rings. The van der Waals surface area contributed by atoms with Gasteiger partial charge in [0.15, 0.2) is 0 Å². The Morgan fingerprint density at radius 3 is 2.28 bits per heavy atom. The largest absolute Gasteiger partial charge is 0.466 e. The summed E-state index contributed by atoms with van der Waals surface area (Å²) < 4.78 is 5.11. The van der Waals surface area contributed by atoms with Crippen molar-refractivity contribution in [1.82, 2.24) is 5.32 Å². The molecule has 140 valence electrons. The van der Waals surface area contributed by atoms with Gasteiger partial charge in [-0.3, -0.25) is 9.59 Å². The fourth-order valence-electron chi connectivity index (χ4n) is 2.44. The molecule has 0 unspecified atom stereocenters. The summed E-state index contributed by atoms with van der Waals surface area (Å²) in [4.78, 5) is 23.3. The maximum absolute atomic E-state index is 11.9. The first-order valence-corrected chi connectivity index (χ1v) is 9.34. The van der Waals surface area contributed by atoms with E-state index in [-0.39, 0.29) is 11.9 Å². The maximum Gasteiger partial charge on any atom is 0.305 e. The van der Waals surface area contributed by atoms with Crippen molar-refractivity contribution in [2.24, 2.45) is 0 Å². The Kier molecular flexibility index (Phi) is 11.4. The molecule has 25 heavy (non-hydrogen) atoms. The normalized spacial score (nSPS) is 10.5. The second kappa shape index (κ2) is 13.4. The Hall–Kier alpha value is -1.88. The summed E-state index contributed by atoms with van der Waals surface area (Å²) in [7, 11) is 1.91. The highest BCUT2D eigenvalue weighted by molar-refractivity contribution is 5.90. The summed E-state index contributed by atoms with van der Waals surface area (Å²) in [5.74, 6) is -0.0618. The molecule has 0 saturated carbocycles. The van der Waals surface area contributed by atoms with Gasteiger partial charge in [-0.2, -0.15) is 0 Å². The lowest BCUT2D eigenvalue weighted by Crippen LogP contribution is -2.11. The van der Waals surface area contributed by atoms with Gasteiger partial charge in [0.05, 0.1) is 6.61 Å². The molecule has 0 spiro atoms. The van der Waals surface area contributed by atoms with Gasteiger partial charge in [0.2, 0.25) is 5.91 Å². The van der Waals surface area contributed by atoms with Crippen molar-refractivity contribution >= 4 is 17.6 Å². The van der Waals surface area contributed by atoms with Gasteiger partial charge in [0.1, 0.15) is 0 Å². The maximum atomic E-state index is 11.9. The molecule has 0 radical (unpaired) electrons. The number of carbonyl (C=O) groups is 2. The number of hydrogen-bond donors (Lipinski definition) is 2. The van der Waals surface area contributed by atoms with Crippen LogP contribution in [0.4, 0.5) is 5.69 Å². The van der Waals surface area contributed by atoms with E-state index in [4.69, 9.17) is 4.74 Å². The average Bonchev–Trinajstić information content (AvgIpc) is 2.60. The number of ether oxygens (including phenoxy) is 1. The van der Waals surface area contributed by atoms with Crippen LogP contribution in [-0.2, 0) is 20.9 Å². The standard InChI is InChI=1S/C20H32N2O3/c1-3-4-15-25-20(24)10-8-6-5-7-9-19(23)22-18-13-11-17(12-14-18)16-21-2/h11-14,21H,3-10,15-16H2,1-2H3,(H,22,23). The number of anilines is 1. The van der Waals surface area contributed by atoms with Gasteiger partial charge < -0.3 is 15.4 Å². The fourth-order valence-corrected chi connectivity index (χ4v) is 2.44. The average molecular weight is 348 g/mol. The van der Waals surface area contributed by atoms with Crippen LogP contribution in [0.3, 0.4) is 0 Å².